The fraction of sp³-hybridized carbons (Fsp3) is 0.118. The van der Waals surface area contributed by atoms with Crippen LogP contribution in [0.4, 0.5) is 5.69 Å². The van der Waals surface area contributed by atoms with Gasteiger partial charge in [0.05, 0.1) is 0 Å². The number of hydrogen-bond acceptors (Lipinski definition) is 2. The van der Waals surface area contributed by atoms with Crippen LogP contribution in [0.3, 0.4) is 0 Å². The first kappa shape index (κ1) is 14.8. The summed E-state index contributed by atoms with van der Waals surface area (Å²) in [5.41, 5.74) is 2.82. The Labute approximate surface area is 137 Å². The second-order valence-corrected chi connectivity index (χ2v) is 5.84. The fourth-order valence-corrected chi connectivity index (χ4v) is 2.57. The number of rotatable bonds is 2. The summed E-state index contributed by atoms with van der Waals surface area (Å²) < 4.78 is 4.58. The SMILES string of the molecule is Cc1c(N=C2C=C[C](=[V])C=C2)c(=O)n(-c2ccccc2)n1C. The van der Waals surface area contributed by atoms with Crippen molar-refractivity contribution in [3.05, 3.63) is 70.7 Å². The predicted octanol–water partition coefficient (Wildman–Crippen LogP) is 2.40. The Balaban J connectivity index is 2.14. The van der Waals surface area contributed by atoms with Crippen molar-refractivity contribution in [3.63, 3.8) is 0 Å². The molecule has 0 saturated carbocycles. The molecule has 2 aromatic rings. The van der Waals surface area contributed by atoms with Crippen molar-refractivity contribution in [2.75, 3.05) is 0 Å². The molecular weight excluding hydrogens is 313 g/mol. The van der Waals surface area contributed by atoms with Crippen molar-refractivity contribution in [1.82, 2.24) is 9.36 Å². The first-order valence-corrected chi connectivity index (χ1v) is 7.62. The van der Waals surface area contributed by atoms with E-state index < -0.39 is 0 Å². The second kappa shape index (κ2) is 5.91. The average molecular weight is 328 g/mol. The monoisotopic (exact) mass is 328 g/mol. The van der Waals surface area contributed by atoms with E-state index >= 15 is 0 Å². The van der Waals surface area contributed by atoms with E-state index in [9.17, 15) is 4.79 Å². The van der Waals surface area contributed by atoms with Crippen molar-refractivity contribution in [3.8, 4) is 5.69 Å². The number of nitrogens with zero attached hydrogens (tertiary/aromatic N) is 3. The standard InChI is InChI=1S/C17H15N3O.V/c1-13-16(18-14-9-5-3-6-10-14)17(21)20(19(13)2)15-11-7-4-8-12-15;/h4-12H,1-2H3;. The van der Waals surface area contributed by atoms with Gasteiger partial charge in [0.25, 0.3) is 0 Å². The summed E-state index contributed by atoms with van der Waals surface area (Å²) in [6.45, 7) is 1.91. The van der Waals surface area contributed by atoms with Gasteiger partial charge in [-0.25, -0.2) is 0 Å². The van der Waals surface area contributed by atoms with Crippen molar-refractivity contribution in [2.45, 2.75) is 6.92 Å². The van der Waals surface area contributed by atoms with Crippen LogP contribution in [0.25, 0.3) is 5.69 Å². The Morgan fingerprint density at radius 2 is 1.68 bits per heavy atom. The number of aromatic nitrogens is 2. The van der Waals surface area contributed by atoms with E-state index in [0.717, 1.165) is 21.3 Å². The molecule has 22 heavy (non-hydrogen) atoms. The third-order valence-electron chi connectivity index (χ3n) is 3.61. The third kappa shape index (κ3) is 2.63. The molecule has 1 aromatic carbocycles. The molecule has 1 aliphatic rings. The Kier molecular flexibility index (Phi) is 3.97. The Morgan fingerprint density at radius 3 is 2.32 bits per heavy atom. The van der Waals surface area contributed by atoms with Crippen molar-refractivity contribution >= 4 is 15.6 Å². The van der Waals surface area contributed by atoms with Gasteiger partial charge in [-0.05, 0) is 0 Å². The zero-order valence-corrected chi connectivity index (χ0v) is 13.8. The molecular formula is C17H15N3OV. The van der Waals surface area contributed by atoms with E-state index in [1.54, 1.807) is 4.68 Å². The number of para-hydroxylation sites is 1. The zero-order valence-electron chi connectivity index (χ0n) is 12.4. The summed E-state index contributed by atoms with van der Waals surface area (Å²) in [6.07, 6.45) is 7.75. The van der Waals surface area contributed by atoms with Gasteiger partial charge in [0, 0.05) is 0 Å². The van der Waals surface area contributed by atoms with Crippen LogP contribution in [0.1, 0.15) is 5.69 Å². The first-order chi connectivity index (χ1) is 10.6. The van der Waals surface area contributed by atoms with E-state index in [1.165, 1.54) is 0 Å². The van der Waals surface area contributed by atoms with Crippen LogP contribution in [-0.2, 0) is 24.0 Å². The minimum absolute atomic E-state index is 0.109. The van der Waals surface area contributed by atoms with Crippen LogP contribution in [-0.4, -0.2) is 19.3 Å². The van der Waals surface area contributed by atoms with Crippen molar-refractivity contribution < 1.29 is 17.0 Å². The molecule has 1 aromatic heterocycles. The maximum atomic E-state index is 12.7. The van der Waals surface area contributed by atoms with Crippen LogP contribution in [0.2, 0.25) is 0 Å². The van der Waals surface area contributed by atoms with Gasteiger partial charge in [0.2, 0.25) is 0 Å². The Hall–Kier alpha value is -2.17. The normalized spacial score (nSPS) is 13.7. The molecule has 0 bridgehead atoms. The van der Waals surface area contributed by atoms with Crippen molar-refractivity contribution in [2.24, 2.45) is 12.0 Å². The summed E-state index contributed by atoms with van der Waals surface area (Å²) in [5.74, 6) is 0. The minimum atomic E-state index is -0.109. The van der Waals surface area contributed by atoms with Crippen LogP contribution in [0, 0.1) is 6.92 Å². The molecule has 109 valence electrons. The molecule has 0 radical (unpaired) electrons. The van der Waals surface area contributed by atoms with Gasteiger partial charge >= 0.3 is 137 Å². The molecule has 1 aliphatic carbocycles. The molecule has 0 fully saturated rings. The topological polar surface area (TPSA) is 39.3 Å². The molecule has 0 aliphatic heterocycles. The number of allylic oxidation sites excluding steroid dienone is 4. The molecule has 5 heteroatoms. The summed E-state index contributed by atoms with van der Waals surface area (Å²) in [4.78, 5) is 17.3. The molecule has 0 saturated heterocycles. The summed E-state index contributed by atoms with van der Waals surface area (Å²) in [7, 11) is 1.87. The molecule has 0 spiro atoms. The molecule has 3 rings (SSSR count). The van der Waals surface area contributed by atoms with E-state index in [4.69, 9.17) is 0 Å². The molecule has 0 atom stereocenters. The van der Waals surface area contributed by atoms with Gasteiger partial charge in [-0.3, -0.25) is 0 Å². The number of hydrogen-bond donors (Lipinski definition) is 0. The van der Waals surface area contributed by atoms with Crippen LogP contribution >= 0.6 is 0 Å². The fourth-order valence-electron chi connectivity index (χ4n) is 2.34. The van der Waals surface area contributed by atoms with Gasteiger partial charge < -0.3 is 0 Å². The van der Waals surface area contributed by atoms with E-state index in [-0.39, 0.29) is 5.56 Å². The molecule has 0 unspecified atom stereocenters. The second-order valence-electron chi connectivity index (χ2n) is 5.04. The molecule has 0 amide bonds. The molecule has 0 N–H and O–H groups in total. The van der Waals surface area contributed by atoms with Gasteiger partial charge in [0.1, 0.15) is 0 Å². The number of benzene rings is 1. The van der Waals surface area contributed by atoms with Crippen LogP contribution in [0.5, 0.6) is 0 Å². The average Bonchev–Trinajstić information content (AvgIpc) is 2.74. The van der Waals surface area contributed by atoms with E-state index in [0.29, 0.717) is 5.69 Å². The van der Waals surface area contributed by atoms with Crippen LogP contribution < -0.4 is 5.56 Å². The number of aliphatic imine (C=N–C) groups is 1. The molecule has 1 heterocycles. The Bertz CT molecular complexity index is 865. The third-order valence-corrected chi connectivity index (χ3v) is 4.08. The van der Waals surface area contributed by atoms with Gasteiger partial charge in [-0.2, -0.15) is 0 Å². The maximum absolute atomic E-state index is 12.7. The van der Waals surface area contributed by atoms with E-state index in [1.807, 2.05) is 73.3 Å². The van der Waals surface area contributed by atoms with E-state index in [2.05, 4.69) is 22.0 Å². The summed E-state index contributed by atoms with van der Waals surface area (Å²) in [5, 5.41) is 0. The summed E-state index contributed by atoms with van der Waals surface area (Å²) >= 11 is 2.48. The van der Waals surface area contributed by atoms with Gasteiger partial charge in [-0.1, -0.05) is 0 Å². The Morgan fingerprint density at radius 1 is 1.05 bits per heavy atom. The van der Waals surface area contributed by atoms with Crippen molar-refractivity contribution in [1.29, 1.82) is 0 Å². The zero-order chi connectivity index (χ0) is 15.7. The van der Waals surface area contributed by atoms with Gasteiger partial charge in [0.15, 0.2) is 0 Å². The molecule has 4 nitrogen and oxygen atoms in total. The quantitative estimate of drug-likeness (QED) is 0.834. The first-order valence-electron chi connectivity index (χ1n) is 6.93. The predicted molar refractivity (Wildman–Crippen MR) is 86.1 cm³/mol. The van der Waals surface area contributed by atoms with Crippen LogP contribution in [0.15, 0.2) is 64.4 Å². The van der Waals surface area contributed by atoms with Gasteiger partial charge in [-0.15, -0.1) is 0 Å². The summed E-state index contributed by atoms with van der Waals surface area (Å²) in [6, 6.07) is 9.58.